The number of nitriles is 1. The molecule has 1 aromatic carbocycles. The van der Waals surface area contributed by atoms with Crippen molar-refractivity contribution in [2.75, 3.05) is 0 Å². The number of hydrogen-bond donors (Lipinski definition) is 2. The van der Waals surface area contributed by atoms with Crippen LogP contribution in [0.15, 0.2) is 30.3 Å². The quantitative estimate of drug-likeness (QED) is 0.712. The fourth-order valence-corrected chi connectivity index (χ4v) is 1.70. The van der Waals surface area contributed by atoms with Gasteiger partial charge in [0.15, 0.2) is 0 Å². The Labute approximate surface area is 112 Å². The fraction of sp³-hybridized carbons (Fsp3) is 0.357. The van der Waals surface area contributed by atoms with Gasteiger partial charge >= 0.3 is 0 Å². The number of hydrogen-bond acceptors (Lipinski definition) is 3. The fourth-order valence-electron chi connectivity index (χ4n) is 1.70. The van der Waals surface area contributed by atoms with Crippen molar-refractivity contribution in [1.82, 2.24) is 5.32 Å². The molecule has 0 heterocycles. The molecule has 0 saturated carbocycles. The minimum Gasteiger partial charge on any atom is -0.368 e. The molecule has 2 amide bonds. The Morgan fingerprint density at radius 3 is 2.58 bits per heavy atom. The summed E-state index contributed by atoms with van der Waals surface area (Å²) in [5, 5.41) is 11.0. The maximum Gasteiger partial charge on any atom is 0.240 e. The lowest BCUT2D eigenvalue weighted by Crippen LogP contribution is -2.44. The summed E-state index contributed by atoms with van der Waals surface area (Å²) in [6.07, 6.45) is 1.49. The number of benzene rings is 1. The molecular formula is C14H17N3O2. The van der Waals surface area contributed by atoms with E-state index in [1.807, 2.05) is 36.4 Å². The molecule has 0 saturated heterocycles. The molecule has 1 aromatic rings. The summed E-state index contributed by atoms with van der Waals surface area (Å²) in [5.74, 6) is -0.814. The molecule has 0 unspecified atom stereocenters. The van der Waals surface area contributed by atoms with Crippen molar-refractivity contribution in [2.24, 2.45) is 5.73 Å². The summed E-state index contributed by atoms with van der Waals surface area (Å²) in [4.78, 5) is 23.0. The number of carbonyl (C=O) groups is 2. The first-order chi connectivity index (χ1) is 9.13. The Morgan fingerprint density at radius 2 is 2.00 bits per heavy atom. The van der Waals surface area contributed by atoms with Gasteiger partial charge in [-0.05, 0) is 18.4 Å². The number of rotatable bonds is 7. The third-order valence-electron chi connectivity index (χ3n) is 2.67. The number of unbranched alkanes of at least 4 members (excludes halogenated alkanes) is 1. The average Bonchev–Trinajstić information content (AvgIpc) is 2.38. The highest BCUT2D eigenvalue weighted by Crippen LogP contribution is 2.03. The topological polar surface area (TPSA) is 96.0 Å². The van der Waals surface area contributed by atoms with Crippen molar-refractivity contribution in [3.63, 3.8) is 0 Å². The van der Waals surface area contributed by atoms with Crippen LogP contribution in [0.5, 0.6) is 0 Å². The van der Waals surface area contributed by atoms with Gasteiger partial charge in [-0.1, -0.05) is 30.3 Å². The predicted molar refractivity (Wildman–Crippen MR) is 70.7 cm³/mol. The second-order valence-electron chi connectivity index (χ2n) is 4.24. The Kier molecular flexibility index (Phi) is 6.10. The summed E-state index contributed by atoms with van der Waals surface area (Å²) in [5.41, 5.74) is 6.10. The molecule has 0 aromatic heterocycles. The summed E-state index contributed by atoms with van der Waals surface area (Å²) < 4.78 is 0. The average molecular weight is 259 g/mol. The normalized spacial score (nSPS) is 11.3. The van der Waals surface area contributed by atoms with E-state index < -0.39 is 11.9 Å². The largest absolute Gasteiger partial charge is 0.368 e. The van der Waals surface area contributed by atoms with Crippen molar-refractivity contribution >= 4 is 11.8 Å². The van der Waals surface area contributed by atoms with E-state index in [1.54, 1.807) is 0 Å². The number of nitrogens with zero attached hydrogens (tertiary/aromatic N) is 1. The molecule has 1 rings (SSSR count). The molecule has 5 heteroatoms. The summed E-state index contributed by atoms with van der Waals surface area (Å²) in [6.45, 7) is 0. The SMILES string of the molecule is N#CCCC[C@H](NC(=O)Cc1ccccc1)C(N)=O. The standard InChI is InChI=1S/C14H17N3O2/c15-9-5-4-8-12(14(16)19)17-13(18)10-11-6-2-1-3-7-11/h1-3,6-7,12H,4-5,8,10H2,(H2,16,19)(H,17,18)/t12-/m0/s1. The monoisotopic (exact) mass is 259 g/mol. The smallest absolute Gasteiger partial charge is 0.240 e. The van der Waals surface area contributed by atoms with Gasteiger partial charge in [0.1, 0.15) is 6.04 Å². The highest BCUT2D eigenvalue weighted by Gasteiger charge is 2.17. The number of primary amides is 1. The zero-order chi connectivity index (χ0) is 14.1. The van der Waals surface area contributed by atoms with Gasteiger partial charge in [0, 0.05) is 6.42 Å². The van der Waals surface area contributed by atoms with E-state index in [-0.39, 0.29) is 12.3 Å². The van der Waals surface area contributed by atoms with Gasteiger partial charge in [-0.3, -0.25) is 9.59 Å². The van der Waals surface area contributed by atoms with Crippen molar-refractivity contribution in [3.05, 3.63) is 35.9 Å². The zero-order valence-corrected chi connectivity index (χ0v) is 10.6. The van der Waals surface area contributed by atoms with E-state index in [0.717, 1.165) is 5.56 Å². The number of carbonyl (C=O) groups excluding carboxylic acids is 2. The van der Waals surface area contributed by atoms with E-state index in [1.165, 1.54) is 0 Å². The minimum absolute atomic E-state index is 0.211. The van der Waals surface area contributed by atoms with Gasteiger partial charge < -0.3 is 11.1 Å². The van der Waals surface area contributed by atoms with Crippen LogP contribution in [-0.2, 0) is 16.0 Å². The Balaban J connectivity index is 2.47. The predicted octanol–water partition coefficient (Wildman–Crippen LogP) is 0.893. The van der Waals surface area contributed by atoms with Gasteiger partial charge in [-0.25, -0.2) is 0 Å². The number of amides is 2. The molecule has 5 nitrogen and oxygen atoms in total. The second-order valence-corrected chi connectivity index (χ2v) is 4.24. The third-order valence-corrected chi connectivity index (χ3v) is 2.67. The van der Waals surface area contributed by atoms with Gasteiger partial charge in [-0.2, -0.15) is 5.26 Å². The molecule has 3 N–H and O–H groups in total. The maximum absolute atomic E-state index is 11.8. The molecule has 1 atom stereocenters. The van der Waals surface area contributed by atoms with Crippen LogP contribution in [0.25, 0.3) is 0 Å². The van der Waals surface area contributed by atoms with Crippen molar-refractivity contribution in [2.45, 2.75) is 31.7 Å². The van der Waals surface area contributed by atoms with Crippen LogP contribution in [0.1, 0.15) is 24.8 Å². The summed E-state index contributed by atoms with van der Waals surface area (Å²) >= 11 is 0. The molecule has 19 heavy (non-hydrogen) atoms. The van der Waals surface area contributed by atoms with Crippen LogP contribution in [0, 0.1) is 11.3 Å². The Morgan fingerprint density at radius 1 is 1.32 bits per heavy atom. The van der Waals surface area contributed by atoms with E-state index in [9.17, 15) is 9.59 Å². The van der Waals surface area contributed by atoms with Crippen LogP contribution in [-0.4, -0.2) is 17.9 Å². The Hall–Kier alpha value is -2.35. The minimum atomic E-state index is -0.704. The molecule has 100 valence electrons. The molecular weight excluding hydrogens is 242 g/mol. The Bertz CT molecular complexity index is 465. The molecule has 0 spiro atoms. The summed E-state index contributed by atoms with van der Waals surface area (Å²) in [6, 6.07) is 10.5. The van der Waals surface area contributed by atoms with Gasteiger partial charge in [0.2, 0.25) is 11.8 Å². The third kappa shape index (κ3) is 5.68. The molecule has 0 aliphatic heterocycles. The van der Waals surface area contributed by atoms with Crippen LogP contribution in [0.3, 0.4) is 0 Å². The highest BCUT2D eigenvalue weighted by molar-refractivity contribution is 5.87. The van der Waals surface area contributed by atoms with E-state index in [0.29, 0.717) is 19.3 Å². The molecule has 0 aliphatic rings. The lowest BCUT2D eigenvalue weighted by molar-refractivity contribution is -0.127. The molecule has 0 bridgehead atoms. The number of nitrogens with one attached hydrogen (secondary N) is 1. The number of nitrogens with two attached hydrogens (primary N) is 1. The molecule has 0 radical (unpaired) electrons. The van der Waals surface area contributed by atoms with Gasteiger partial charge in [0.05, 0.1) is 12.5 Å². The van der Waals surface area contributed by atoms with Crippen molar-refractivity contribution in [1.29, 1.82) is 5.26 Å². The molecule has 0 aliphatic carbocycles. The second kappa shape index (κ2) is 7.88. The lowest BCUT2D eigenvalue weighted by atomic mass is 10.1. The lowest BCUT2D eigenvalue weighted by Gasteiger charge is -2.14. The first-order valence-electron chi connectivity index (χ1n) is 6.13. The van der Waals surface area contributed by atoms with Gasteiger partial charge in [-0.15, -0.1) is 0 Å². The van der Waals surface area contributed by atoms with Crippen molar-refractivity contribution in [3.8, 4) is 6.07 Å². The molecule has 0 fully saturated rings. The first-order valence-corrected chi connectivity index (χ1v) is 6.13. The van der Waals surface area contributed by atoms with Crippen LogP contribution in [0.4, 0.5) is 0 Å². The van der Waals surface area contributed by atoms with Crippen LogP contribution >= 0.6 is 0 Å². The maximum atomic E-state index is 11.8. The van der Waals surface area contributed by atoms with Crippen molar-refractivity contribution < 1.29 is 9.59 Å². The highest BCUT2D eigenvalue weighted by atomic mass is 16.2. The van der Waals surface area contributed by atoms with E-state index >= 15 is 0 Å². The van der Waals surface area contributed by atoms with Crippen LogP contribution in [0.2, 0.25) is 0 Å². The van der Waals surface area contributed by atoms with Gasteiger partial charge in [0.25, 0.3) is 0 Å². The van der Waals surface area contributed by atoms with Crippen LogP contribution < -0.4 is 11.1 Å². The first kappa shape index (κ1) is 14.7. The van der Waals surface area contributed by atoms with E-state index in [4.69, 9.17) is 11.0 Å². The summed E-state index contributed by atoms with van der Waals surface area (Å²) in [7, 11) is 0. The van der Waals surface area contributed by atoms with E-state index in [2.05, 4.69) is 5.32 Å². The zero-order valence-electron chi connectivity index (χ0n) is 10.6.